The van der Waals surface area contributed by atoms with Gasteiger partial charge in [0.05, 0.1) is 11.0 Å². The van der Waals surface area contributed by atoms with Gasteiger partial charge in [0.15, 0.2) is 0 Å². The lowest BCUT2D eigenvalue weighted by Crippen LogP contribution is -2.39. The summed E-state index contributed by atoms with van der Waals surface area (Å²) in [7, 11) is 0. The van der Waals surface area contributed by atoms with Crippen molar-refractivity contribution < 1.29 is 9.59 Å². The number of fused-ring (bicyclic) bond motifs is 1. The lowest BCUT2D eigenvalue weighted by atomic mass is 10.0. The molecule has 1 fully saturated rings. The van der Waals surface area contributed by atoms with E-state index in [1.165, 1.54) is 16.7 Å². The van der Waals surface area contributed by atoms with E-state index in [4.69, 9.17) is 0 Å². The maximum atomic E-state index is 12.4. The van der Waals surface area contributed by atoms with Crippen LogP contribution in [0.4, 0.5) is 9.80 Å². The molecule has 1 aliphatic heterocycles. The van der Waals surface area contributed by atoms with E-state index < -0.39 is 0 Å². The first-order chi connectivity index (χ1) is 12.7. The maximum absolute atomic E-state index is 12.4. The molecule has 0 saturated carbocycles. The first-order valence-corrected chi connectivity index (χ1v) is 9.42. The zero-order chi connectivity index (χ0) is 17.9. The molecule has 2 N–H and O–H groups in total. The topological polar surface area (TPSA) is 61.4 Å². The molecule has 1 aliphatic rings. The first kappa shape index (κ1) is 16.6. The molecule has 3 aromatic rings. The summed E-state index contributed by atoms with van der Waals surface area (Å²) in [5, 5.41) is 10.7. The predicted octanol–water partition coefficient (Wildman–Crippen LogP) is 3.82. The fraction of sp³-hybridized carbons (Fsp3) is 0.200. The monoisotopic (exact) mass is 365 g/mol. The van der Waals surface area contributed by atoms with Crippen LogP contribution in [0.2, 0.25) is 0 Å². The van der Waals surface area contributed by atoms with Crippen molar-refractivity contribution in [1.82, 2.24) is 10.2 Å². The summed E-state index contributed by atoms with van der Waals surface area (Å²) < 4.78 is 0. The molecule has 132 valence electrons. The number of nitrogens with one attached hydrogen (secondary N) is 2. The van der Waals surface area contributed by atoms with Crippen molar-refractivity contribution in [3.8, 4) is 0 Å². The SMILES string of the molecule is O=C(Nc1cccs1)N[C@H]1CC(=O)N(Cc2cccc3ccccc23)C1. The molecule has 0 unspecified atom stereocenters. The van der Waals surface area contributed by atoms with Gasteiger partial charge in [0.2, 0.25) is 5.91 Å². The van der Waals surface area contributed by atoms with Gasteiger partial charge < -0.3 is 10.2 Å². The molecular formula is C20H19N3O2S. The number of anilines is 1. The number of nitrogens with zero attached hydrogens (tertiary/aromatic N) is 1. The van der Waals surface area contributed by atoms with E-state index in [0.717, 1.165) is 16.0 Å². The van der Waals surface area contributed by atoms with Gasteiger partial charge in [-0.1, -0.05) is 42.5 Å². The molecule has 6 heteroatoms. The molecule has 1 aromatic heterocycles. The average molecular weight is 365 g/mol. The Kier molecular flexibility index (Phi) is 4.58. The number of carbonyl (C=O) groups is 2. The number of thiophene rings is 1. The second-order valence-corrected chi connectivity index (χ2v) is 7.34. The Morgan fingerprint density at radius 1 is 1.12 bits per heavy atom. The summed E-state index contributed by atoms with van der Waals surface area (Å²) in [5.74, 6) is 0.0688. The highest BCUT2D eigenvalue weighted by atomic mass is 32.1. The van der Waals surface area contributed by atoms with Crippen LogP contribution in [-0.4, -0.2) is 29.4 Å². The lowest BCUT2D eigenvalue weighted by molar-refractivity contribution is -0.128. The van der Waals surface area contributed by atoms with Crippen molar-refractivity contribution in [2.45, 2.75) is 19.0 Å². The van der Waals surface area contributed by atoms with Gasteiger partial charge in [-0.15, -0.1) is 11.3 Å². The Morgan fingerprint density at radius 3 is 2.81 bits per heavy atom. The number of rotatable bonds is 4. The summed E-state index contributed by atoms with van der Waals surface area (Å²) in [6, 6.07) is 17.6. The minimum absolute atomic E-state index is 0.0688. The number of carbonyl (C=O) groups excluding carboxylic acids is 2. The second kappa shape index (κ2) is 7.17. The highest BCUT2D eigenvalue weighted by Gasteiger charge is 2.30. The van der Waals surface area contributed by atoms with Crippen LogP contribution >= 0.6 is 11.3 Å². The molecule has 0 bridgehead atoms. The molecule has 2 aromatic carbocycles. The van der Waals surface area contributed by atoms with Gasteiger partial charge in [-0.05, 0) is 33.8 Å². The van der Waals surface area contributed by atoms with E-state index in [9.17, 15) is 9.59 Å². The molecule has 0 radical (unpaired) electrons. The van der Waals surface area contributed by atoms with Crippen molar-refractivity contribution >= 4 is 39.0 Å². The van der Waals surface area contributed by atoms with E-state index in [1.54, 1.807) is 0 Å². The van der Waals surface area contributed by atoms with Crippen LogP contribution in [-0.2, 0) is 11.3 Å². The van der Waals surface area contributed by atoms with Gasteiger partial charge in [0.1, 0.15) is 0 Å². The summed E-state index contributed by atoms with van der Waals surface area (Å²) >= 11 is 1.46. The Hall–Kier alpha value is -2.86. The van der Waals surface area contributed by atoms with Gasteiger partial charge in [0, 0.05) is 19.5 Å². The van der Waals surface area contributed by atoms with E-state index in [1.807, 2.05) is 40.6 Å². The van der Waals surface area contributed by atoms with E-state index in [0.29, 0.717) is 19.5 Å². The molecule has 1 atom stereocenters. The van der Waals surface area contributed by atoms with Crippen LogP contribution in [0.15, 0.2) is 60.0 Å². The van der Waals surface area contributed by atoms with Crippen LogP contribution in [0.25, 0.3) is 10.8 Å². The van der Waals surface area contributed by atoms with E-state index >= 15 is 0 Å². The molecule has 0 spiro atoms. The summed E-state index contributed by atoms with van der Waals surface area (Å²) in [6.07, 6.45) is 0.336. The normalized spacial score (nSPS) is 16.8. The third-order valence-corrected chi connectivity index (χ3v) is 5.33. The van der Waals surface area contributed by atoms with Crippen LogP contribution in [0, 0.1) is 0 Å². The molecular weight excluding hydrogens is 346 g/mol. The summed E-state index contributed by atoms with van der Waals surface area (Å²) in [5.41, 5.74) is 1.13. The lowest BCUT2D eigenvalue weighted by Gasteiger charge is -2.18. The largest absolute Gasteiger partial charge is 0.336 e. The van der Waals surface area contributed by atoms with Crippen LogP contribution in [0.3, 0.4) is 0 Å². The zero-order valence-electron chi connectivity index (χ0n) is 14.1. The van der Waals surface area contributed by atoms with E-state index in [2.05, 4.69) is 34.9 Å². The Balaban J connectivity index is 1.41. The fourth-order valence-electron chi connectivity index (χ4n) is 3.34. The fourth-order valence-corrected chi connectivity index (χ4v) is 3.95. The van der Waals surface area contributed by atoms with E-state index in [-0.39, 0.29) is 18.0 Å². The number of amides is 3. The van der Waals surface area contributed by atoms with Crippen molar-refractivity contribution in [2.24, 2.45) is 0 Å². The number of likely N-dealkylation sites (tertiary alicyclic amines) is 1. The maximum Gasteiger partial charge on any atom is 0.320 e. The third-order valence-electron chi connectivity index (χ3n) is 4.55. The molecule has 2 heterocycles. The number of hydrogen-bond donors (Lipinski definition) is 2. The number of benzene rings is 2. The van der Waals surface area contributed by atoms with Crippen molar-refractivity contribution in [3.63, 3.8) is 0 Å². The molecule has 3 amide bonds. The molecule has 1 saturated heterocycles. The Bertz CT molecular complexity index is 934. The van der Waals surface area contributed by atoms with Crippen molar-refractivity contribution in [2.75, 3.05) is 11.9 Å². The second-order valence-electron chi connectivity index (χ2n) is 6.39. The number of hydrogen-bond acceptors (Lipinski definition) is 3. The van der Waals surface area contributed by atoms with Gasteiger partial charge >= 0.3 is 6.03 Å². The Morgan fingerprint density at radius 2 is 1.96 bits per heavy atom. The smallest absolute Gasteiger partial charge is 0.320 e. The van der Waals surface area contributed by atoms with Gasteiger partial charge in [-0.25, -0.2) is 4.79 Å². The van der Waals surface area contributed by atoms with Crippen LogP contribution < -0.4 is 10.6 Å². The third kappa shape index (κ3) is 3.55. The minimum Gasteiger partial charge on any atom is -0.336 e. The van der Waals surface area contributed by atoms with Gasteiger partial charge in [0.25, 0.3) is 0 Å². The standard InChI is InChI=1S/C20H19N3O2S/c24-19-11-16(21-20(25)22-18-9-4-10-26-18)13-23(19)12-15-7-3-6-14-5-1-2-8-17(14)15/h1-10,16H,11-13H2,(H2,21,22,25)/t16-/m0/s1. The molecule has 4 rings (SSSR count). The summed E-state index contributed by atoms with van der Waals surface area (Å²) in [6.45, 7) is 1.09. The number of urea groups is 1. The zero-order valence-corrected chi connectivity index (χ0v) is 15.0. The minimum atomic E-state index is -0.266. The first-order valence-electron chi connectivity index (χ1n) is 8.54. The highest BCUT2D eigenvalue weighted by Crippen LogP contribution is 2.22. The van der Waals surface area contributed by atoms with Crippen LogP contribution in [0.5, 0.6) is 0 Å². The molecule has 26 heavy (non-hydrogen) atoms. The average Bonchev–Trinajstić information content (AvgIpc) is 3.25. The van der Waals surface area contributed by atoms with Gasteiger partial charge in [-0.2, -0.15) is 0 Å². The van der Waals surface area contributed by atoms with Crippen molar-refractivity contribution in [3.05, 3.63) is 65.5 Å². The molecule has 5 nitrogen and oxygen atoms in total. The Labute approximate surface area is 155 Å². The molecule has 0 aliphatic carbocycles. The quantitative estimate of drug-likeness (QED) is 0.738. The summed E-state index contributed by atoms with van der Waals surface area (Å²) in [4.78, 5) is 26.3. The van der Waals surface area contributed by atoms with Gasteiger partial charge in [-0.3, -0.25) is 10.1 Å². The highest BCUT2D eigenvalue weighted by molar-refractivity contribution is 7.14. The van der Waals surface area contributed by atoms with Crippen molar-refractivity contribution in [1.29, 1.82) is 0 Å². The van der Waals surface area contributed by atoms with Crippen LogP contribution in [0.1, 0.15) is 12.0 Å². The predicted molar refractivity (Wildman–Crippen MR) is 104 cm³/mol.